The normalized spacial score (nSPS) is 13.2. The molecule has 0 spiro atoms. The summed E-state index contributed by atoms with van der Waals surface area (Å²) in [7, 11) is 3.36. The third-order valence-electron chi connectivity index (χ3n) is 7.55. The summed E-state index contributed by atoms with van der Waals surface area (Å²) in [6.07, 6.45) is 3.09. The number of nitrogens with zero attached hydrogens (tertiary/aromatic N) is 3. The van der Waals surface area contributed by atoms with Gasteiger partial charge in [-0.2, -0.15) is 0 Å². The molecule has 1 fully saturated rings. The van der Waals surface area contributed by atoms with Gasteiger partial charge in [-0.15, -0.1) is 11.3 Å². The maximum atomic E-state index is 12.9. The second kappa shape index (κ2) is 13.6. The summed E-state index contributed by atoms with van der Waals surface area (Å²) in [6, 6.07) is 27.4. The number of benzene rings is 3. The molecule has 0 unspecified atom stereocenters. The van der Waals surface area contributed by atoms with Crippen LogP contribution in [0.15, 0.2) is 84.2 Å². The summed E-state index contributed by atoms with van der Waals surface area (Å²) < 4.78 is 11.1. The van der Waals surface area contributed by atoms with Gasteiger partial charge in [0.25, 0.3) is 5.91 Å². The average molecular weight is 556 g/mol. The van der Waals surface area contributed by atoms with Crippen LogP contribution in [0.1, 0.15) is 57.4 Å². The molecule has 5 rings (SSSR count). The van der Waals surface area contributed by atoms with Crippen molar-refractivity contribution < 1.29 is 14.3 Å². The maximum absolute atomic E-state index is 12.9. The van der Waals surface area contributed by atoms with Crippen molar-refractivity contribution in [2.75, 3.05) is 33.9 Å². The fourth-order valence-electron chi connectivity index (χ4n) is 5.40. The van der Waals surface area contributed by atoms with Gasteiger partial charge in [0.1, 0.15) is 22.2 Å². The number of amides is 1. The number of aromatic nitrogens is 1. The largest absolute Gasteiger partial charge is 0.497 e. The van der Waals surface area contributed by atoms with Gasteiger partial charge in [-0.05, 0) is 43.0 Å². The van der Waals surface area contributed by atoms with E-state index in [9.17, 15) is 4.79 Å². The molecule has 6 nitrogen and oxygen atoms in total. The van der Waals surface area contributed by atoms with E-state index < -0.39 is 0 Å². The topological polar surface area (TPSA) is 54.9 Å². The molecule has 0 bridgehead atoms. The highest BCUT2D eigenvalue weighted by Crippen LogP contribution is 2.31. The number of ether oxygens (including phenoxy) is 2. The van der Waals surface area contributed by atoms with E-state index in [0.717, 1.165) is 61.0 Å². The summed E-state index contributed by atoms with van der Waals surface area (Å²) in [5.74, 6) is 1.89. The van der Waals surface area contributed by atoms with Crippen molar-refractivity contribution >= 4 is 17.2 Å². The number of carbonyl (C=O) groups is 1. The number of methoxy groups -OCH3 is 2. The Bertz CT molecular complexity index is 1330. The van der Waals surface area contributed by atoms with Gasteiger partial charge >= 0.3 is 0 Å². The summed E-state index contributed by atoms with van der Waals surface area (Å²) in [6.45, 7) is 3.85. The van der Waals surface area contributed by atoms with Gasteiger partial charge in [0.15, 0.2) is 0 Å². The Hall–Kier alpha value is -3.68. The summed E-state index contributed by atoms with van der Waals surface area (Å²) in [5, 5.41) is 2.87. The van der Waals surface area contributed by atoms with Crippen LogP contribution in [-0.4, -0.2) is 54.5 Å². The number of carbonyl (C=O) groups excluding carboxylic acids is 1. The highest BCUT2D eigenvalue weighted by atomic mass is 32.1. The zero-order valence-electron chi connectivity index (χ0n) is 23.3. The molecule has 0 atom stereocenters. The second-order valence-corrected chi connectivity index (χ2v) is 11.1. The minimum Gasteiger partial charge on any atom is -0.497 e. The molecular weight excluding hydrogens is 518 g/mol. The first-order valence-corrected chi connectivity index (χ1v) is 14.8. The molecule has 0 N–H and O–H groups in total. The van der Waals surface area contributed by atoms with E-state index in [1.807, 2.05) is 22.4 Å². The van der Waals surface area contributed by atoms with Crippen molar-refractivity contribution in [2.45, 2.75) is 38.3 Å². The van der Waals surface area contributed by atoms with Crippen LogP contribution in [0.4, 0.5) is 0 Å². The summed E-state index contributed by atoms with van der Waals surface area (Å²) in [5.41, 5.74) is 4.27. The monoisotopic (exact) mass is 555 g/mol. The summed E-state index contributed by atoms with van der Waals surface area (Å²) >= 11 is 1.57. The number of hydrogen-bond acceptors (Lipinski definition) is 6. The molecule has 1 amide bonds. The van der Waals surface area contributed by atoms with Crippen LogP contribution in [-0.2, 0) is 13.1 Å². The van der Waals surface area contributed by atoms with E-state index in [1.54, 1.807) is 25.6 Å². The van der Waals surface area contributed by atoms with Gasteiger partial charge in [0, 0.05) is 42.6 Å². The SMILES string of the molecule is COc1ccc(CN(CCC(c2ccccc2)c2ccccc2)Cc2nc(C(=O)N3CCCC3)cs2)c(OC)c1. The lowest BCUT2D eigenvalue weighted by Crippen LogP contribution is -2.28. The van der Waals surface area contributed by atoms with Gasteiger partial charge in [-0.1, -0.05) is 66.7 Å². The van der Waals surface area contributed by atoms with Gasteiger partial charge in [-0.25, -0.2) is 4.98 Å². The smallest absolute Gasteiger partial charge is 0.273 e. The fraction of sp³-hybridized carbons (Fsp3) is 0.333. The molecule has 3 aromatic carbocycles. The van der Waals surface area contributed by atoms with Crippen molar-refractivity contribution in [1.82, 2.24) is 14.8 Å². The molecule has 208 valence electrons. The van der Waals surface area contributed by atoms with Crippen molar-refractivity contribution in [3.63, 3.8) is 0 Å². The van der Waals surface area contributed by atoms with E-state index in [4.69, 9.17) is 14.5 Å². The van der Waals surface area contributed by atoms with E-state index >= 15 is 0 Å². The molecule has 1 aliphatic heterocycles. The minimum absolute atomic E-state index is 0.0524. The zero-order valence-corrected chi connectivity index (χ0v) is 24.1. The lowest BCUT2D eigenvalue weighted by molar-refractivity contribution is 0.0787. The van der Waals surface area contributed by atoms with Crippen molar-refractivity contribution in [3.8, 4) is 11.5 Å². The molecule has 4 aromatic rings. The van der Waals surface area contributed by atoms with Gasteiger partial charge in [0.2, 0.25) is 0 Å². The Labute approximate surface area is 241 Å². The lowest BCUT2D eigenvalue weighted by Gasteiger charge is -2.26. The first-order valence-electron chi connectivity index (χ1n) is 13.9. The van der Waals surface area contributed by atoms with Crippen LogP contribution in [0.5, 0.6) is 11.5 Å². The molecule has 1 aromatic heterocycles. The first kappa shape index (κ1) is 27.9. The van der Waals surface area contributed by atoms with Crippen LogP contribution in [0.3, 0.4) is 0 Å². The van der Waals surface area contributed by atoms with Gasteiger partial charge in [0.05, 0.1) is 20.8 Å². The zero-order chi connectivity index (χ0) is 27.7. The third-order valence-corrected chi connectivity index (χ3v) is 8.38. The Balaban J connectivity index is 1.38. The quantitative estimate of drug-likeness (QED) is 0.197. The third kappa shape index (κ3) is 6.90. The Morgan fingerprint density at radius 3 is 2.23 bits per heavy atom. The predicted molar refractivity (Wildman–Crippen MR) is 160 cm³/mol. The van der Waals surface area contributed by atoms with Crippen LogP contribution >= 0.6 is 11.3 Å². The lowest BCUT2D eigenvalue weighted by atomic mass is 9.88. The van der Waals surface area contributed by atoms with Crippen molar-refractivity contribution in [2.24, 2.45) is 0 Å². The molecule has 2 heterocycles. The van der Waals surface area contributed by atoms with E-state index in [0.29, 0.717) is 18.8 Å². The number of likely N-dealkylation sites (tertiary alicyclic amines) is 1. The van der Waals surface area contributed by atoms with Crippen LogP contribution in [0, 0.1) is 0 Å². The molecule has 1 saturated heterocycles. The fourth-order valence-corrected chi connectivity index (χ4v) is 6.21. The Morgan fingerprint density at radius 1 is 0.925 bits per heavy atom. The Morgan fingerprint density at radius 2 is 1.60 bits per heavy atom. The number of rotatable bonds is 12. The van der Waals surface area contributed by atoms with Crippen LogP contribution < -0.4 is 9.47 Å². The van der Waals surface area contributed by atoms with Gasteiger partial charge in [-0.3, -0.25) is 9.69 Å². The van der Waals surface area contributed by atoms with E-state index in [-0.39, 0.29) is 11.8 Å². The molecular formula is C33H37N3O3S. The highest BCUT2D eigenvalue weighted by Gasteiger charge is 2.23. The molecule has 40 heavy (non-hydrogen) atoms. The predicted octanol–water partition coefficient (Wildman–Crippen LogP) is 6.62. The second-order valence-electron chi connectivity index (χ2n) is 10.2. The van der Waals surface area contributed by atoms with Gasteiger partial charge < -0.3 is 14.4 Å². The van der Waals surface area contributed by atoms with E-state index in [1.165, 1.54) is 11.1 Å². The van der Waals surface area contributed by atoms with Crippen molar-refractivity contribution in [3.05, 3.63) is 112 Å². The van der Waals surface area contributed by atoms with Crippen LogP contribution in [0.2, 0.25) is 0 Å². The van der Waals surface area contributed by atoms with E-state index in [2.05, 4.69) is 71.6 Å². The molecule has 0 saturated carbocycles. The number of thiazole rings is 1. The average Bonchev–Trinajstić information content (AvgIpc) is 3.71. The summed E-state index contributed by atoms with van der Waals surface area (Å²) in [4.78, 5) is 22.1. The number of hydrogen-bond donors (Lipinski definition) is 0. The minimum atomic E-state index is 0.0524. The van der Waals surface area contributed by atoms with Crippen molar-refractivity contribution in [1.29, 1.82) is 0 Å². The highest BCUT2D eigenvalue weighted by molar-refractivity contribution is 7.09. The Kier molecular flexibility index (Phi) is 9.47. The molecule has 7 heteroatoms. The molecule has 0 radical (unpaired) electrons. The first-order chi connectivity index (χ1) is 19.6. The molecule has 0 aliphatic carbocycles. The maximum Gasteiger partial charge on any atom is 0.273 e. The van der Waals surface area contributed by atoms with Crippen LogP contribution in [0.25, 0.3) is 0 Å². The standard InChI is InChI=1S/C33H37N3O3S/c1-38-28-16-15-27(31(21-28)39-2)22-35(23-32-34-30(24-40-32)33(37)36-18-9-10-19-36)20-17-29(25-11-5-3-6-12-25)26-13-7-4-8-14-26/h3-8,11-16,21,24,29H,9-10,17-20,22-23H2,1-2H3. The molecule has 1 aliphatic rings.